The van der Waals surface area contributed by atoms with Crippen molar-refractivity contribution in [1.29, 1.82) is 0 Å². The van der Waals surface area contributed by atoms with Crippen molar-refractivity contribution in [3.8, 4) is 5.75 Å². The average molecular weight is 231 g/mol. The van der Waals surface area contributed by atoms with Gasteiger partial charge in [0.15, 0.2) is 0 Å². The second-order valence-corrected chi connectivity index (χ2v) is 3.86. The number of nitrogens with zero attached hydrogens (tertiary/aromatic N) is 2. The van der Waals surface area contributed by atoms with E-state index in [0.29, 0.717) is 6.54 Å². The fourth-order valence-corrected chi connectivity index (χ4v) is 1.77. The van der Waals surface area contributed by atoms with Crippen molar-refractivity contribution >= 4 is 0 Å². The molecule has 0 spiro atoms. The molecule has 1 heterocycles. The Hall–Kier alpha value is -1.81. The summed E-state index contributed by atoms with van der Waals surface area (Å²) in [5.41, 5.74) is 6.77. The molecule has 2 N–H and O–H groups in total. The number of rotatable bonds is 5. The molecule has 2 aromatic rings. The summed E-state index contributed by atoms with van der Waals surface area (Å²) in [7, 11) is 1.67. The Bertz CT molecular complexity index is 462. The molecule has 1 aromatic carbocycles. The molecule has 1 aromatic heterocycles. The number of hydrogen-bond donors (Lipinski definition) is 1. The number of ether oxygens (including phenoxy) is 1. The first-order valence-electron chi connectivity index (χ1n) is 5.66. The van der Waals surface area contributed by atoms with Gasteiger partial charge in [-0.3, -0.25) is 0 Å². The van der Waals surface area contributed by atoms with Crippen LogP contribution in [-0.4, -0.2) is 23.2 Å². The maximum Gasteiger partial charge on any atom is 0.118 e. The molecule has 0 fully saturated rings. The Balaban J connectivity index is 2.10. The van der Waals surface area contributed by atoms with E-state index >= 15 is 0 Å². The van der Waals surface area contributed by atoms with Crippen LogP contribution in [0.2, 0.25) is 0 Å². The summed E-state index contributed by atoms with van der Waals surface area (Å²) in [5, 5.41) is 0. The zero-order valence-electron chi connectivity index (χ0n) is 9.97. The summed E-state index contributed by atoms with van der Waals surface area (Å²) in [5.74, 6) is 1.91. The number of aromatic nitrogens is 2. The molecule has 0 amide bonds. The van der Waals surface area contributed by atoms with E-state index in [0.717, 1.165) is 24.5 Å². The van der Waals surface area contributed by atoms with Crippen LogP contribution in [0.1, 0.15) is 11.4 Å². The molecular weight excluding hydrogens is 214 g/mol. The first-order chi connectivity index (χ1) is 8.33. The molecule has 0 bridgehead atoms. The molecule has 17 heavy (non-hydrogen) atoms. The summed E-state index contributed by atoms with van der Waals surface area (Å²) in [6.45, 7) is 1.44. The molecule has 4 heteroatoms. The van der Waals surface area contributed by atoms with Gasteiger partial charge in [0.25, 0.3) is 0 Å². The predicted octanol–water partition coefficient (Wildman–Crippen LogP) is 1.44. The summed E-state index contributed by atoms with van der Waals surface area (Å²) in [4.78, 5) is 4.29. The van der Waals surface area contributed by atoms with E-state index in [1.165, 1.54) is 5.56 Å². The molecule has 0 saturated heterocycles. The molecule has 90 valence electrons. The average Bonchev–Trinajstić information content (AvgIpc) is 2.78. The molecule has 0 unspecified atom stereocenters. The van der Waals surface area contributed by atoms with Crippen LogP contribution < -0.4 is 10.5 Å². The highest BCUT2D eigenvalue weighted by Gasteiger charge is 2.02. The van der Waals surface area contributed by atoms with Crippen molar-refractivity contribution in [3.63, 3.8) is 0 Å². The highest BCUT2D eigenvalue weighted by atomic mass is 16.5. The maximum absolute atomic E-state index is 5.55. The van der Waals surface area contributed by atoms with Gasteiger partial charge in [0.05, 0.1) is 7.11 Å². The number of hydrogen-bond acceptors (Lipinski definition) is 3. The van der Waals surface area contributed by atoms with Crippen molar-refractivity contribution in [2.75, 3.05) is 13.7 Å². The van der Waals surface area contributed by atoms with Crippen LogP contribution >= 0.6 is 0 Å². The number of benzene rings is 1. The zero-order valence-corrected chi connectivity index (χ0v) is 9.97. The minimum Gasteiger partial charge on any atom is -0.497 e. The minimum absolute atomic E-state index is 0.625. The Kier molecular flexibility index (Phi) is 3.77. The Labute approximate surface area is 101 Å². The van der Waals surface area contributed by atoms with Crippen LogP contribution in [0.25, 0.3) is 0 Å². The van der Waals surface area contributed by atoms with Gasteiger partial charge in [0.2, 0.25) is 0 Å². The fraction of sp³-hybridized carbons (Fsp3) is 0.308. The van der Waals surface area contributed by atoms with Crippen molar-refractivity contribution in [1.82, 2.24) is 9.55 Å². The fourth-order valence-electron chi connectivity index (χ4n) is 1.77. The first kappa shape index (κ1) is 11.7. The molecule has 4 nitrogen and oxygen atoms in total. The van der Waals surface area contributed by atoms with Crippen LogP contribution in [0.15, 0.2) is 36.7 Å². The summed E-state index contributed by atoms with van der Waals surface area (Å²) >= 11 is 0. The van der Waals surface area contributed by atoms with Crippen LogP contribution in [0, 0.1) is 0 Å². The first-order valence-corrected chi connectivity index (χ1v) is 5.66. The van der Waals surface area contributed by atoms with Crippen molar-refractivity contribution < 1.29 is 4.74 Å². The standard InChI is InChI=1S/C13H17N3O/c1-17-12-4-2-11(3-5-12)10-16-9-8-15-13(16)6-7-14/h2-5,8-9H,6-7,10,14H2,1H3. The third-order valence-electron chi connectivity index (χ3n) is 2.68. The molecular formula is C13H17N3O. The van der Waals surface area contributed by atoms with Gasteiger partial charge in [0.1, 0.15) is 11.6 Å². The van der Waals surface area contributed by atoms with E-state index < -0.39 is 0 Å². The van der Waals surface area contributed by atoms with Gasteiger partial charge in [-0.2, -0.15) is 0 Å². The summed E-state index contributed by atoms with van der Waals surface area (Å²) in [6, 6.07) is 8.06. The largest absolute Gasteiger partial charge is 0.497 e. The molecule has 0 saturated carbocycles. The number of nitrogens with two attached hydrogens (primary N) is 1. The normalized spacial score (nSPS) is 10.5. The quantitative estimate of drug-likeness (QED) is 0.847. The van der Waals surface area contributed by atoms with E-state index in [4.69, 9.17) is 10.5 Å². The Morgan fingerprint density at radius 1 is 1.29 bits per heavy atom. The molecule has 0 aliphatic carbocycles. The summed E-state index contributed by atoms with van der Waals surface area (Å²) in [6.07, 6.45) is 4.60. The van der Waals surface area contributed by atoms with Gasteiger partial charge in [-0.15, -0.1) is 0 Å². The van der Waals surface area contributed by atoms with Crippen LogP contribution in [0.5, 0.6) is 5.75 Å². The van der Waals surface area contributed by atoms with E-state index in [1.807, 2.05) is 24.5 Å². The number of imidazole rings is 1. The molecule has 2 rings (SSSR count). The molecule has 0 atom stereocenters. The smallest absolute Gasteiger partial charge is 0.118 e. The van der Waals surface area contributed by atoms with Gasteiger partial charge in [-0.1, -0.05) is 12.1 Å². The molecule has 0 aliphatic rings. The van der Waals surface area contributed by atoms with Crippen LogP contribution in [0.4, 0.5) is 0 Å². The van der Waals surface area contributed by atoms with Gasteiger partial charge in [-0.05, 0) is 24.2 Å². The number of methoxy groups -OCH3 is 1. The van der Waals surface area contributed by atoms with E-state index in [9.17, 15) is 0 Å². The third-order valence-corrected chi connectivity index (χ3v) is 2.68. The van der Waals surface area contributed by atoms with Crippen molar-refractivity contribution in [2.24, 2.45) is 5.73 Å². The highest BCUT2D eigenvalue weighted by Crippen LogP contribution is 2.13. The zero-order chi connectivity index (χ0) is 12.1. The van der Waals surface area contributed by atoms with Gasteiger partial charge >= 0.3 is 0 Å². The van der Waals surface area contributed by atoms with Crippen LogP contribution in [-0.2, 0) is 13.0 Å². The topological polar surface area (TPSA) is 53.1 Å². The van der Waals surface area contributed by atoms with Gasteiger partial charge < -0.3 is 15.0 Å². The van der Waals surface area contributed by atoms with Crippen molar-refractivity contribution in [2.45, 2.75) is 13.0 Å². The molecule has 0 radical (unpaired) electrons. The van der Waals surface area contributed by atoms with Crippen molar-refractivity contribution in [3.05, 3.63) is 48.0 Å². The Morgan fingerprint density at radius 2 is 2.06 bits per heavy atom. The minimum atomic E-state index is 0.625. The SMILES string of the molecule is COc1ccc(Cn2ccnc2CCN)cc1. The van der Waals surface area contributed by atoms with Crippen LogP contribution in [0.3, 0.4) is 0 Å². The lowest BCUT2D eigenvalue weighted by atomic mass is 10.2. The lowest BCUT2D eigenvalue weighted by Crippen LogP contribution is -2.10. The lowest BCUT2D eigenvalue weighted by molar-refractivity contribution is 0.414. The third kappa shape index (κ3) is 2.85. The monoisotopic (exact) mass is 231 g/mol. The predicted molar refractivity (Wildman–Crippen MR) is 67.1 cm³/mol. The van der Waals surface area contributed by atoms with E-state index in [-0.39, 0.29) is 0 Å². The Morgan fingerprint density at radius 3 is 2.71 bits per heavy atom. The van der Waals surface area contributed by atoms with E-state index in [2.05, 4.69) is 21.7 Å². The van der Waals surface area contributed by atoms with Gasteiger partial charge in [0, 0.05) is 25.4 Å². The maximum atomic E-state index is 5.55. The highest BCUT2D eigenvalue weighted by molar-refractivity contribution is 5.27. The second-order valence-electron chi connectivity index (χ2n) is 3.86. The molecule has 0 aliphatic heterocycles. The lowest BCUT2D eigenvalue weighted by Gasteiger charge is -2.08. The summed E-state index contributed by atoms with van der Waals surface area (Å²) < 4.78 is 7.25. The van der Waals surface area contributed by atoms with Gasteiger partial charge in [-0.25, -0.2) is 4.98 Å². The second kappa shape index (κ2) is 5.50. The van der Waals surface area contributed by atoms with E-state index in [1.54, 1.807) is 7.11 Å².